The van der Waals surface area contributed by atoms with Crippen LogP contribution in [0.5, 0.6) is 5.75 Å². The number of carbonyl (C=O) groups is 1. The van der Waals surface area contributed by atoms with Crippen LogP contribution < -0.4 is 4.74 Å². The number of rotatable bonds is 4. The number of aromatic nitrogens is 3. The highest BCUT2D eigenvalue weighted by atomic mass is 19.1. The summed E-state index contributed by atoms with van der Waals surface area (Å²) in [6.45, 7) is 1.83. The Morgan fingerprint density at radius 1 is 1.53 bits per heavy atom. The van der Waals surface area contributed by atoms with Crippen LogP contribution in [0.2, 0.25) is 0 Å². The minimum atomic E-state index is -1.21. The number of aromatic carboxylic acids is 1. The van der Waals surface area contributed by atoms with Crippen molar-refractivity contribution in [2.45, 2.75) is 13.3 Å². The van der Waals surface area contributed by atoms with Crippen molar-refractivity contribution in [3.05, 3.63) is 35.7 Å². The fraction of sp³-hybridized carbons (Fsp3) is 0.250. The van der Waals surface area contributed by atoms with E-state index in [1.807, 2.05) is 6.92 Å². The molecule has 0 amide bonds. The molecular formula is C12H12FN3O3. The number of hydrogen-bond donors (Lipinski definition) is 1. The van der Waals surface area contributed by atoms with Crippen LogP contribution in [0.1, 0.15) is 23.4 Å². The molecule has 1 aromatic heterocycles. The van der Waals surface area contributed by atoms with Gasteiger partial charge in [0.25, 0.3) is 5.82 Å². The van der Waals surface area contributed by atoms with Gasteiger partial charge in [-0.2, -0.15) is 0 Å². The zero-order valence-electron chi connectivity index (χ0n) is 10.4. The van der Waals surface area contributed by atoms with Crippen LogP contribution in [0, 0.1) is 5.82 Å². The summed E-state index contributed by atoms with van der Waals surface area (Å²) in [6.07, 6.45) is 0.500. The number of carboxylic acid groups (broad SMARTS) is 1. The average Bonchev–Trinajstić information content (AvgIpc) is 2.83. The molecule has 1 N–H and O–H groups in total. The minimum Gasteiger partial charge on any atom is -0.494 e. The van der Waals surface area contributed by atoms with E-state index in [1.54, 1.807) is 0 Å². The molecule has 0 atom stereocenters. The van der Waals surface area contributed by atoms with Crippen LogP contribution in [0.3, 0.4) is 0 Å². The molecule has 2 aromatic rings. The number of benzene rings is 1. The average molecular weight is 265 g/mol. The smallest absolute Gasteiger partial charge is 0.375 e. The summed E-state index contributed by atoms with van der Waals surface area (Å²) in [5, 5.41) is 12.8. The highest BCUT2D eigenvalue weighted by Gasteiger charge is 2.16. The van der Waals surface area contributed by atoms with Crippen molar-refractivity contribution in [3.8, 4) is 11.4 Å². The molecule has 2 rings (SSSR count). The predicted octanol–water partition coefficient (Wildman–Crippen LogP) is 1.68. The molecule has 0 saturated heterocycles. The second-order valence-electron chi connectivity index (χ2n) is 3.74. The second kappa shape index (κ2) is 5.05. The van der Waals surface area contributed by atoms with Gasteiger partial charge >= 0.3 is 5.97 Å². The SMILES string of the molecule is CCc1nc(C(=O)O)nn1-c1ccc(F)c(OC)c1. The third-order valence-corrected chi connectivity index (χ3v) is 2.56. The normalized spacial score (nSPS) is 10.5. The monoisotopic (exact) mass is 265 g/mol. The van der Waals surface area contributed by atoms with E-state index in [-0.39, 0.29) is 11.6 Å². The first-order chi connectivity index (χ1) is 9.06. The van der Waals surface area contributed by atoms with Gasteiger partial charge in [0.15, 0.2) is 11.6 Å². The summed E-state index contributed by atoms with van der Waals surface area (Å²) < 4.78 is 19.6. The molecule has 19 heavy (non-hydrogen) atoms. The van der Waals surface area contributed by atoms with E-state index in [1.165, 1.54) is 30.0 Å². The highest BCUT2D eigenvalue weighted by Crippen LogP contribution is 2.21. The number of halogens is 1. The molecule has 0 spiro atoms. The lowest BCUT2D eigenvalue weighted by atomic mass is 10.3. The molecule has 0 saturated carbocycles. The maximum atomic E-state index is 13.3. The summed E-state index contributed by atoms with van der Waals surface area (Å²) >= 11 is 0. The van der Waals surface area contributed by atoms with Crippen molar-refractivity contribution < 1.29 is 19.0 Å². The molecule has 0 aliphatic heterocycles. The van der Waals surface area contributed by atoms with Gasteiger partial charge < -0.3 is 9.84 Å². The topological polar surface area (TPSA) is 77.2 Å². The molecule has 0 aliphatic rings. The molecule has 100 valence electrons. The lowest BCUT2D eigenvalue weighted by Crippen LogP contribution is -2.04. The van der Waals surface area contributed by atoms with Crippen molar-refractivity contribution in [2.75, 3.05) is 7.11 Å². The Balaban J connectivity index is 2.54. The third kappa shape index (κ3) is 2.40. The summed E-state index contributed by atoms with van der Waals surface area (Å²) in [7, 11) is 1.35. The van der Waals surface area contributed by atoms with Gasteiger partial charge in [0.2, 0.25) is 0 Å². The fourth-order valence-corrected chi connectivity index (χ4v) is 1.65. The number of methoxy groups -OCH3 is 1. The van der Waals surface area contributed by atoms with Gasteiger partial charge in [-0.05, 0) is 12.1 Å². The van der Waals surface area contributed by atoms with Gasteiger partial charge in [0, 0.05) is 12.5 Å². The number of hydrogen-bond acceptors (Lipinski definition) is 4. The van der Waals surface area contributed by atoms with Crippen molar-refractivity contribution in [2.24, 2.45) is 0 Å². The molecule has 0 bridgehead atoms. The first-order valence-electron chi connectivity index (χ1n) is 5.60. The summed E-state index contributed by atoms with van der Waals surface area (Å²) in [6, 6.07) is 4.15. The molecule has 1 aromatic carbocycles. The Labute approximate surface area is 108 Å². The quantitative estimate of drug-likeness (QED) is 0.910. The Morgan fingerprint density at radius 2 is 2.26 bits per heavy atom. The van der Waals surface area contributed by atoms with Gasteiger partial charge in [-0.3, -0.25) is 0 Å². The number of carboxylic acids is 1. The van der Waals surface area contributed by atoms with Crippen LogP contribution >= 0.6 is 0 Å². The van der Waals surface area contributed by atoms with E-state index in [0.717, 1.165) is 0 Å². The van der Waals surface area contributed by atoms with E-state index in [0.29, 0.717) is 17.9 Å². The first-order valence-corrected chi connectivity index (χ1v) is 5.60. The Bertz CT molecular complexity index is 625. The Hall–Kier alpha value is -2.44. The van der Waals surface area contributed by atoms with Gasteiger partial charge in [-0.15, -0.1) is 5.10 Å². The molecule has 6 nitrogen and oxygen atoms in total. The van der Waals surface area contributed by atoms with Crippen LogP contribution in [0.15, 0.2) is 18.2 Å². The largest absolute Gasteiger partial charge is 0.494 e. The van der Waals surface area contributed by atoms with Gasteiger partial charge in [-0.1, -0.05) is 6.92 Å². The van der Waals surface area contributed by atoms with Crippen LogP contribution in [0.25, 0.3) is 5.69 Å². The van der Waals surface area contributed by atoms with Crippen molar-refractivity contribution in [3.63, 3.8) is 0 Å². The first kappa shape index (κ1) is 13.0. The van der Waals surface area contributed by atoms with Crippen LogP contribution in [0.4, 0.5) is 4.39 Å². The van der Waals surface area contributed by atoms with Gasteiger partial charge in [0.1, 0.15) is 5.82 Å². The van der Waals surface area contributed by atoms with E-state index in [9.17, 15) is 9.18 Å². The Morgan fingerprint density at radius 3 is 2.84 bits per heavy atom. The van der Waals surface area contributed by atoms with E-state index >= 15 is 0 Å². The number of nitrogens with zero attached hydrogens (tertiary/aromatic N) is 3. The zero-order valence-corrected chi connectivity index (χ0v) is 10.4. The molecule has 7 heteroatoms. The van der Waals surface area contributed by atoms with Crippen LogP contribution in [-0.2, 0) is 6.42 Å². The number of ether oxygens (including phenoxy) is 1. The summed E-state index contributed by atoms with van der Waals surface area (Å²) in [4.78, 5) is 14.8. The molecule has 0 fully saturated rings. The molecule has 0 radical (unpaired) electrons. The summed E-state index contributed by atoms with van der Waals surface area (Å²) in [5.41, 5.74) is 0.495. The van der Waals surface area contributed by atoms with Crippen LogP contribution in [-0.4, -0.2) is 33.0 Å². The maximum Gasteiger partial charge on any atom is 0.375 e. The lowest BCUT2D eigenvalue weighted by molar-refractivity contribution is 0.0683. The second-order valence-corrected chi connectivity index (χ2v) is 3.74. The predicted molar refractivity (Wildman–Crippen MR) is 64.2 cm³/mol. The third-order valence-electron chi connectivity index (χ3n) is 2.56. The fourth-order valence-electron chi connectivity index (χ4n) is 1.65. The van der Waals surface area contributed by atoms with Crippen molar-refractivity contribution >= 4 is 5.97 Å². The van der Waals surface area contributed by atoms with Crippen molar-refractivity contribution in [1.29, 1.82) is 0 Å². The molecule has 0 unspecified atom stereocenters. The van der Waals surface area contributed by atoms with Crippen molar-refractivity contribution in [1.82, 2.24) is 14.8 Å². The summed E-state index contributed by atoms with van der Waals surface area (Å²) in [5.74, 6) is -1.46. The van der Waals surface area contributed by atoms with Gasteiger partial charge in [0.05, 0.1) is 12.8 Å². The standard InChI is InChI=1S/C12H12FN3O3/c1-3-10-14-11(12(17)18)15-16(10)7-4-5-8(13)9(6-7)19-2/h4-6H,3H2,1-2H3,(H,17,18). The number of aryl methyl sites for hydroxylation is 1. The maximum absolute atomic E-state index is 13.3. The Kier molecular flexibility index (Phi) is 3.46. The van der Waals surface area contributed by atoms with E-state index in [2.05, 4.69) is 10.1 Å². The van der Waals surface area contributed by atoms with Gasteiger partial charge in [-0.25, -0.2) is 18.9 Å². The lowest BCUT2D eigenvalue weighted by Gasteiger charge is -2.07. The zero-order chi connectivity index (χ0) is 14.0. The molecule has 1 heterocycles. The van der Waals surface area contributed by atoms with E-state index < -0.39 is 11.8 Å². The highest BCUT2D eigenvalue weighted by molar-refractivity contribution is 5.83. The molecule has 0 aliphatic carbocycles. The minimum absolute atomic E-state index is 0.0620. The molecular weight excluding hydrogens is 253 g/mol. The van der Waals surface area contributed by atoms with E-state index in [4.69, 9.17) is 9.84 Å².